The fourth-order valence-corrected chi connectivity index (χ4v) is 2.01. The number of phenols is 1. The Morgan fingerprint density at radius 2 is 2.00 bits per heavy atom. The number of unbranched alkanes of at least 4 members (excludes halogenated alkanes) is 1. The molecule has 1 aromatic carbocycles. The van der Waals surface area contributed by atoms with Crippen LogP contribution in [0.3, 0.4) is 0 Å². The maximum absolute atomic E-state index is 10.8. The first-order valence-electron chi connectivity index (χ1n) is 6.37. The molecule has 2 aromatic rings. The molecule has 108 valence electrons. The van der Waals surface area contributed by atoms with Crippen molar-refractivity contribution in [2.75, 3.05) is 7.11 Å². The molecule has 1 aromatic heterocycles. The van der Waals surface area contributed by atoms with Crippen LogP contribution >= 0.6 is 0 Å². The topological polar surface area (TPSA) is 95.7 Å². The van der Waals surface area contributed by atoms with Crippen molar-refractivity contribution < 1.29 is 19.4 Å². The maximum Gasteiger partial charge on any atom is 0.419 e. The summed E-state index contributed by atoms with van der Waals surface area (Å²) in [5.41, 5.74) is 1.05. The van der Waals surface area contributed by atoms with Gasteiger partial charge in [0.25, 0.3) is 0 Å². The van der Waals surface area contributed by atoms with Gasteiger partial charge < -0.3 is 19.4 Å². The number of aromatic amines is 1. The van der Waals surface area contributed by atoms with Gasteiger partial charge in [-0.05, 0) is 37.0 Å². The van der Waals surface area contributed by atoms with Crippen molar-refractivity contribution in [1.29, 1.82) is 0 Å². The summed E-state index contributed by atoms with van der Waals surface area (Å²) in [6, 6.07) is 5.24. The van der Waals surface area contributed by atoms with E-state index in [0.29, 0.717) is 17.9 Å². The number of hydrogen-bond donors (Lipinski definition) is 3. The molecule has 0 unspecified atom stereocenters. The van der Waals surface area contributed by atoms with Crippen molar-refractivity contribution in [3.8, 4) is 17.4 Å². The van der Waals surface area contributed by atoms with E-state index in [0.717, 1.165) is 24.8 Å². The number of benzene rings is 1. The third-order valence-corrected chi connectivity index (χ3v) is 3.06. The first kappa shape index (κ1) is 14.0. The number of H-pyrrole nitrogens is 1. The van der Waals surface area contributed by atoms with Gasteiger partial charge in [0.15, 0.2) is 17.3 Å². The van der Waals surface area contributed by atoms with Gasteiger partial charge in [0.2, 0.25) is 5.88 Å². The number of methoxy groups -OCH3 is 1. The number of phenolic OH excluding ortho intramolecular Hbond substituents is 1. The van der Waals surface area contributed by atoms with E-state index in [2.05, 4.69) is 4.98 Å². The Morgan fingerprint density at radius 1 is 1.25 bits per heavy atom. The molecular formula is C14H17NO5. The van der Waals surface area contributed by atoms with Crippen LogP contribution in [-0.2, 0) is 12.8 Å². The summed E-state index contributed by atoms with van der Waals surface area (Å²) in [7, 11) is 1.51. The van der Waals surface area contributed by atoms with Crippen molar-refractivity contribution in [2.24, 2.45) is 0 Å². The van der Waals surface area contributed by atoms with Crippen molar-refractivity contribution in [1.82, 2.24) is 4.98 Å². The van der Waals surface area contributed by atoms with Crippen LogP contribution in [-0.4, -0.2) is 22.3 Å². The number of oxazole rings is 1. The SMILES string of the molecule is COc1cc(CCCCc2oc(=O)[nH]c2O)ccc1O. The lowest BCUT2D eigenvalue weighted by Gasteiger charge is -2.06. The number of aromatic nitrogens is 1. The van der Waals surface area contributed by atoms with E-state index in [1.165, 1.54) is 7.11 Å². The van der Waals surface area contributed by atoms with Gasteiger partial charge in [-0.25, -0.2) is 4.79 Å². The Morgan fingerprint density at radius 3 is 2.65 bits per heavy atom. The third-order valence-electron chi connectivity index (χ3n) is 3.06. The Kier molecular flexibility index (Phi) is 4.34. The zero-order valence-corrected chi connectivity index (χ0v) is 11.2. The summed E-state index contributed by atoms with van der Waals surface area (Å²) in [4.78, 5) is 13.0. The van der Waals surface area contributed by atoms with Crippen LogP contribution in [0.2, 0.25) is 0 Å². The maximum atomic E-state index is 10.8. The van der Waals surface area contributed by atoms with Crippen LogP contribution in [0.5, 0.6) is 17.4 Å². The number of ether oxygens (including phenoxy) is 1. The summed E-state index contributed by atoms with van der Waals surface area (Å²) in [6.07, 6.45) is 2.95. The molecular weight excluding hydrogens is 262 g/mol. The van der Waals surface area contributed by atoms with E-state index in [9.17, 15) is 15.0 Å². The van der Waals surface area contributed by atoms with Gasteiger partial charge in [-0.15, -0.1) is 0 Å². The van der Waals surface area contributed by atoms with Crippen LogP contribution in [0.25, 0.3) is 0 Å². The molecule has 0 amide bonds. The lowest BCUT2D eigenvalue weighted by atomic mass is 10.1. The normalized spacial score (nSPS) is 10.7. The second-order valence-corrected chi connectivity index (χ2v) is 4.50. The Hall–Kier alpha value is -2.37. The highest BCUT2D eigenvalue weighted by molar-refractivity contribution is 5.41. The summed E-state index contributed by atoms with van der Waals surface area (Å²) >= 11 is 0. The molecule has 0 bridgehead atoms. The highest BCUT2D eigenvalue weighted by Gasteiger charge is 2.08. The highest BCUT2D eigenvalue weighted by atomic mass is 16.5. The molecule has 6 nitrogen and oxygen atoms in total. The molecule has 6 heteroatoms. The van der Waals surface area contributed by atoms with Crippen molar-refractivity contribution in [2.45, 2.75) is 25.7 Å². The number of nitrogens with one attached hydrogen (secondary N) is 1. The van der Waals surface area contributed by atoms with Gasteiger partial charge >= 0.3 is 5.76 Å². The monoisotopic (exact) mass is 279 g/mol. The minimum absolute atomic E-state index is 0.121. The summed E-state index contributed by atoms with van der Waals surface area (Å²) in [5.74, 6) is 0.0346. The Bertz CT molecular complexity index is 629. The quantitative estimate of drug-likeness (QED) is 0.702. The predicted octanol–water partition coefficient (Wildman–Crippen LogP) is 1.95. The van der Waals surface area contributed by atoms with E-state index in [-0.39, 0.29) is 11.6 Å². The van der Waals surface area contributed by atoms with Gasteiger partial charge in [-0.2, -0.15) is 0 Å². The number of aryl methyl sites for hydroxylation is 2. The van der Waals surface area contributed by atoms with E-state index < -0.39 is 5.76 Å². The lowest BCUT2D eigenvalue weighted by molar-refractivity contribution is 0.373. The van der Waals surface area contributed by atoms with Gasteiger partial charge in [0.1, 0.15) is 0 Å². The van der Waals surface area contributed by atoms with E-state index in [4.69, 9.17) is 9.15 Å². The molecule has 2 rings (SSSR count). The lowest BCUT2D eigenvalue weighted by Crippen LogP contribution is -1.93. The largest absolute Gasteiger partial charge is 0.504 e. The zero-order valence-electron chi connectivity index (χ0n) is 11.2. The van der Waals surface area contributed by atoms with Crippen molar-refractivity contribution in [3.05, 3.63) is 40.1 Å². The van der Waals surface area contributed by atoms with E-state index >= 15 is 0 Å². The Labute approximate surface area is 115 Å². The van der Waals surface area contributed by atoms with E-state index in [1.54, 1.807) is 12.1 Å². The average Bonchev–Trinajstić information content (AvgIpc) is 2.75. The van der Waals surface area contributed by atoms with Gasteiger partial charge in [0.05, 0.1) is 7.11 Å². The molecule has 0 spiro atoms. The molecule has 0 aliphatic heterocycles. The van der Waals surface area contributed by atoms with Crippen molar-refractivity contribution in [3.63, 3.8) is 0 Å². The third kappa shape index (κ3) is 3.34. The molecule has 1 heterocycles. The van der Waals surface area contributed by atoms with Crippen LogP contribution < -0.4 is 10.5 Å². The second-order valence-electron chi connectivity index (χ2n) is 4.50. The second kappa shape index (κ2) is 6.18. The zero-order chi connectivity index (χ0) is 14.5. The summed E-state index contributed by atoms with van der Waals surface area (Å²) in [5, 5.41) is 18.8. The molecule has 0 atom stereocenters. The molecule has 0 fully saturated rings. The standard InChI is InChI=1S/C14H17NO5/c1-19-12-8-9(6-7-10(12)16)4-2-3-5-11-13(17)15-14(18)20-11/h6-8,16-17H,2-5H2,1H3,(H,15,18). The number of aromatic hydroxyl groups is 2. The number of hydrogen-bond acceptors (Lipinski definition) is 5. The molecule has 0 saturated carbocycles. The Balaban J connectivity index is 1.84. The van der Waals surface area contributed by atoms with Crippen LogP contribution in [0.15, 0.2) is 27.4 Å². The molecule has 0 saturated heterocycles. The average molecular weight is 279 g/mol. The fraction of sp³-hybridized carbons (Fsp3) is 0.357. The molecule has 3 N–H and O–H groups in total. The van der Waals surface area contributed by atoms with Gasteiger partial charge in [-0.1, -0.05) is 6.07 Å². The van der Waals surface area contributed by atoms with Crippen LogP contribution in [0.1, 0.15) is 24.2 Å². The van der Waals surface area contributed by atoms with Crippen molar-refractivity contribution >= 4 is 0 Å². The van der Waals surface area contributed by atoms with E-state index in [1.807, 2.05) is 6.07 Å². The van der Waals surface area contributed by atoms with Crippen LogP contribution in [0, 0.1) is 0 Å². The van der Waals surface area contributed by atoms with Gasteiger partial charge in [0, 0.05) is 6.42 Å². The van der Waals surface area contributed by atoms with Gasteiger partial charge in [-0.3, -0.25) is 4.98 Å². The minimum Gasteiger partial charge on any atom is -0.504 e. The fourth-order valence-electron chi connectivity index (χ4n) is 2.01. The number of rotatable bonds is 6. The highest BCUT2D eigenvalue weighted by Crippen LogP contribution is 2.27. The predicted molar refractivity (Wildman–Crippen MR) is 72.3 cm³/mol. The summed E-state index contributed by atoms with van der Waals surface area (Å²) in [6.45, 7) is 0. The van der Waals surface area contributed by atoms with Crippen LogP contribution in [0.4, 0.5) is 0 Å². The smallest absolute Gasteiger partial charge is 0.419 e. The first-order chi connectivity index (χ1) is 9.60. The first-order valence-corrected chi connectivity index (χ1v) is 6.37. The molecule has 20 heavy (non-hydrogen) atoms. The minimum atomic E-state index is -0.638. The molecule has 0 aliphatic carbocycles. The molecule has 0 radical (unpaired) electrons. The summed E-state index contributed by atoms with van der Waals surface area (Å²) < 4.78 is 9.85. The molecule has 0 aliphatic rings.